The summed E-state index contributed by atoms with van der Waals surface area (Å²) in [5.74, 6) is -0.985. The monoisotopic (exact) mass is 297 g/mol. The van der Waals surface area contributed by atoms with E-state index in [1.807, 2.05) is 0 Å². The van der Waals surface area contributed by atoms with Crippen molar-refractivity contribution < 1.29 is 27.6 Å². The molecule has 104 valence electrons. The number of halogens is 4. The molecule has 0 aliphatic rings. The Hall–Kier alpha value is -1.83. The molecule has 1 aromatic carbocycles. The van der Waals surface area contributed by atoms with E-state index in [9.17, 15) is 28.1 Å². The standard InChI is InChI=1S/C10H7ClF3NO4/c1-2-19-9(16)5-3-6(11)8(10(12,13)14)7(4-5)15(17)18/h3-4H,2H2,1H3. The number of hydrogen-bond acceptors (Lipinski definition) is 4. The minimum absolute atomic E-state index is 0.0225. The number of rotatable bonds is 3. The van der Waals surface area contributed by atoms with Crippen molar-refractivity contribution >= 4 is 23.3 Å². The van der Waals surface area contributed by atoms with Crippen LogP contribution in [0.2, 0.25) is 5.02 Å². The highest BCUT2D eigenvalue weighted by Crippen LogP contribution is 2.41. The smallest absolute Gasteiger partial charge is 0.424 e. The molecule has 0 amide bonds. The van der Waals surface area contributed by atoms with Crippen molar-refractivity contribution in [2.45, 2.75) is 13.1 Å². The van der Waals surface area contributed by atoms with Gasteiger partial charge in [-0.25, -0.2) is 4.79 Å². The number of carbonyl (C=O) groups is 1. The third kappa shape index (κ3) is 3.34. The molecule has 0 spiro atoms. The maximum Gasteiger partial charge on any atom is 0.424 e. The summed E-state index contributed by atoms with van der Waals surface area (Å²) in [6.07, 6.45) is -4.99. The van der Waals surface area contributed by atoms with E-state index >= 15 is 0 Å². The van der Waals surface area contributed by atoms with Crippen LogP contribution < -0.4 is 0 Å². The molecule has 0 heterocycles. The third-order valence-corrected chi connectivity index (χ3v) is 2.36. The number of esters is 1. The summed E-state index contributed by atoms with van der Waals surface area (Å²) in [6, 6.07) is 1.18. The third-order valence-electron chi connectivity index (χ3n) is 2.06. The lowest BCUT2D eigenvalue weighted by molar-refractivity contribution is -0.388. The van der Waals surface area contributed by atoms with E-state index in [-0.39, 0.29) is 6.61 Å². The van der Waals surface area contributed by atoms with E-state index < -0.39 is 38.9 Å². The molecule has 0 atom stereocenters. The molecule has 19 heavy (non-hydrogen) atoms. The molecule has 0 aliphatic heterocycles. The van der Waals surface area contributed by atoms with Crippen LogP contribution in [0.5, 0.6) is 0 Å². The minimum Gasteiger partial charge on any atom is -0.462 e. The second-order valence-corrected chi connectivity index (χ2v) is 3.73. The van der Waals surface area contributed by atoms with Gasteiger partial charge in [0.2, 0.25) is 0 Å². The lowest BCUT2D eigenvalue weighted by Crippen LogP contribution is -2.12. The van der Waals surface area contributed by atoms with Crippen molar-refractivity contribution in [2.24, 2.45) is 0 Å². The molecular weight excluding hydrogens is 291 g/mol. The lowest BCUT2D eigenvalue weighted by atomic mass is 10.1. The lowest BCUT2D eigenvalue weighted by Gasteiger charge is -2.10. The summed E-state index contributed by atoms with van der Waals surface area (Å²) in [7, 11) is 0. The van der Waals surface area contributed by atoms with Crippen molar-refractivity contribution in [1.82, 2.24) is 0 Å². The van der Waals surface area contributed by atoms with Crippen LogP contribution in [0, 0.1) is 10.1 Å². The second kappa shape index (κ2) is 5.43. The van der Waals surface area contributed by atoms with Crippen molar-refractivity contribution in [1.29, 1.82) is 0 Å². The predicted octanol–water partition coefficient (Wildman–Crippen LogP) is 3.44. The van der Waals surface area contributed by atoms with Crippen LogP contribution in [0.3, 0.4) is 0 Å². The molecule has 5 nitrogen and oxygen atoms in total. The zero-order valence-electron chi connectivity index (χ0n) is 9.45. The Labute approximate surface area is 110 Å². The summed E-state index contributed by atoms with van der Waals surface area (Å²) in [4.78, 5) is 20.7. The van der Waals surface area contributed by atoms with Gasteiger partial charge < -0.3 is 4.74 Å². The Bertz CT molecular complexity index is 530. The van der Waals surface area contributed by atoms with Crippen LogP contribution in [0.15, 0.2) is 12.1 Å². The SMILES string of the molecule is CCOC(=O)c1cc(Cl)c(C(F)(F)F)c([N+](=O)[O-])c1. The van der Waals surface area contributed by atoms with Crippen molar-refractivity contribution in [2.75, 3.05) is 6.61 Å². The topological polar surface area (TPSA) is 69.4 Å². The fourth-order valence-electron chi connectivity index (χ4n) is 1.35. The van der Waals surface area contributed by atoms with Gasteiger partial charge in [-0.05, 0) is 13.0 Å². The number of hydrogen-bond donors (Lipinski definition) is 0. The van der Waals surface area contributed by atoms with E-state index in [1.54, 1.807) is 0 Å². The number of nitro benzene ring substituents is 1. The molecule has 0 aromatic heterocycles. The molecule has 0 unspecified atom stereocenters. The molecule has 1 aromatic rings. The van der Waals surface area contributed by atoms with Crippen LogP contribution in [-0.4, -0.2) is 17.5 Å². The van der Waals surface area contributed by atoms with Crippen molar-refractivity contribution in [3.8, 4) is 0 Å². The number of ether oxygens (including phenoxy) is 1. The first kappa shape index (κ1) is 15.2. The van der Waals surface area contributed by atoms with Crippen LogP contribution in [0.1, 0.15) is 22.8 Å². The zero-order valence-corrected chi connectivity index (χ0v) is 10.2. The molecule has 0 fully saturated rings. The molecule has 0 bridgehead atoms. The highest BCUT2D eigenvalue weighted by Gasteiger charge is 2.41. The second-order valence-electron chi connectivity index (χ2n) is 3.33. The number of carbonyl (C=O) groups excluding carboxylic acids is 1. The summed E-state index contributed by atoms with van der Waals surface area (Å²) in [6.45, 7) is 1.46. The van der Waals surface area contributed by atoms with Crippen LogP contribution in [0.4, 0.5) is 18.9 Å². The van der Waals surface area contributed by atoms with Gasteiger partial charge in [0.1, 0.15) is 0 Å². The normalized spacial score (nSPS) is 11.2. The first-order valence-electron chi connectivity index (χ1n) is 4.90. The fraction of sp³-hybridized carbons (Fsp3) is 0.300. The number of nitro groups is 1. The van der Waals surface area contributed by atoms with Gasteiger partial charge in [-0.3, -0.25) is 10.1 Å². The van der Waals surface area contributed by atoms with Gasteiger partial charge in [-0.2, -0.15) is 13.2 Å². The average Bonchev–Trinajstić information content (AvgIpc) is 2.26. The molecule has 0 saturated carbocycles. The van der Waals surface area contributed by atoms with Crippen molar-refractivity contribution in [3.63, 3.8) is 0 Å². The first-order chi connectivity index (χ1) is 8.68. The fourth-order valence-corrected chi connectivity index (χ4v) is 1.67. The van der Waals surface area contributed by atoms with Crippen LogP contribution in [-0.2, 0) is 10.9 Å². The highest BCUT2D eigenvalue weighted by atomic mass is 35.5. The van der Waals surface area contributed by atoms with Gasteiger partial charge in [0, 0.05) is 6.07 Å². The molecule has 1 rings (SSSR count). The van der Waals surface area contributed by atoms with E-state index in [2.05, 4.69) is 4.74 Å². The summed E-state index contributed by atoms with van der Waals surface area (Å²) < 4.78 is 42.5. The summed E-state index contributed by atoms with van der Waals surface area (Å²) >= 11 is 5.38. The maximum atomic E-state index is 12.6. The van der Waals surface area contributed by atoms with Gasteiger partial charge in [0.15, 0.2) is 5.56 Å². The number of alkyl halides is 3. The van der Waals surface area contributed by atoms with Gasteiger partial charge in [0.25, 0.3) is 5.69 Å². The summed E-state index contributed by atoms with van der Waals surface area (Å²) in [5.41, 5.74) is -3.29. The largest absolute Gasteiger partial charge is 0.462 e. The molecule has 0 N–H and O–H groups in total. The Morgan fingerprint density at radius 2 is 2.05 bits per heavy atom. The Balaban J connectivity index is 3.46. The van der Waals surface area contributed by atoms with Crippen LogP contribution >= 0.6 is 11.6 Å². The molecule has 0 aliphatic carbocycles. The Kier molecular flexibility index (Phi) is 4.35. The predicted molar refractivity (Wildman–Crippen MR) is 59.1 cm³/mol. The molecule has 9 heteroatoms. The minimum atomic E-state index is -4.99. The summed E-state index contributed by atoms with van der Waals surface area (Å²) in [5, 5.41) is 9.72. The maximum absolute atomic E-state index is 12.6. The molecule has 0 saturated heterocycles. The Morgan fingerprint density at radius 1 is 1.47 bits per heavy atom. The first-order valence-corrected chi connectivity index (χ1v) is 5.28. The number of nitrogens with zero attached hydrogens (tertiary/aromatic N) is 1. The van der Waals surface area contributed by atoms with Crippen molar-refractivity contribution in [3.05, 3.63) is 38.4 Å². The highest BCUT2D eigenvalue weighted by molar-refractivity contribution is 6.32. The van der Waals surface area contributed by atoms with E-state index in [1.165, 1.54) is 6.92 Å². The van der Waals surface area contributed by atoms with Gasteiger partial charge in [0.05, 0.1) is 22.1 Å². The Morgan fingerprint density at radius 3 is 2.47 bits per heavy atom. The molecular formula is C10H7ClF3NO4. The van der Waals surface area contributed by atoms with Crippen LogP contribution in [0.25, 0.3) is 0 Å². The molecule has 0 radical (unpaired) electrons. The number of benzene rings is 1. The van der Waals surface area contributed by atoms with E-state index in [0.717, 1.165) is 0 Å². The van der Waals surface area contributed by atoms with E-state index in [4.69, 9.17) is 11.6 Å². The zero-order chi connectivity index (χ0) is 14.8. The van der Waals surface area contributed by atoms with Gasteiger partial charge in [-0.1, -0.05) is 11.6 Å². The average molecular weight is 298 g/mol. The van der Waals surface area contributed by atoms with Gasteiger partial charge in [-0.15, -0.1) is 0 Å². The quantitative estimate of drug-likeness (QED) is 0.487. The van der Waals surface area contributed by atoms with E-state index in [0.29, 0.717) is 12.1 Å². The van der Waals surface area contributed by atoms with Gasteiger partial charge >= 0.3 is 12.1 Å².